The molecule has 68 valence electrons. The van der Waals surface area contributed by atoms with Crippen LogP contribution in [0.4, 0.5) is 0 Å². The molecule has 0 aromatic carbocycles. The molecule has 2 aliphatic rings. The third-order valence-corrected chi connectivity index (χ3v) is 2.36. The van der Waals surface area contributed by atoms with E-state index in [4.69, 9.17) is 0 Å². The predicted octanol–water partition coefficient (Wildman–Crippen LogP) is -0.261. The van der Waals surface area contributed by atoms with Gasteiger partial charge in [-0.25, -0.2) is 0 Å². The maximum atomic E-state index is 11.3. The molecule has 1 atom stereocenters. The van der Waals surface area contributed by atoms with Gasteiger partial charge >= 0.3 is 0 Å². The summed E-state index contributed by atoms with van der Waals surface area (Å²) in [4.78, 5) is 25.2. The summed E-state index contributed by atoms with van der Waals surface area (Å²) in [5.41, 5.74) is 0.611. The topological polar surface area (TPSA) is 40.6 Å². The minimum absolute atomic E-state index is 0.00352. The lowest BCUT2D eigenvalue weighted by molar-refractivity contribution is -0.126. The van der Waals surface area contributed by atoms with Gasteiger partial charge in [-0.15, -0.1) is 0 Å². The molecule has 1 unspecified atom stereocenters. The van der Waals surface area contributed by atoms with Crippen molar-refractivity contribution in [3.63, 3.8) is 0 Å². The largest absolute Gasteiger partial charge is 0.344 e. The molecule has 2 heterocycles. The van der Waals surface area contributed by atoms with Gasteiger partial charge in [0, 0.05) is 18.8 Å². The molecule has 4 nitrogen and oxygen atoms in total. The Hall–Kier alpha value is -1.58. The number of likely N-dealkylation sites (N-methyl/N-ethyl adjacent to an activating group) is 1. The van der Waals surface area contributed by atoms with Crippen LogP contribution in [0.1, 0.15) is 0 Å². The van der Waals surface area contributed by atoms with Crippen molar-refractivity contribution in [1.82, 2.24) is 9.80 Å². The summed E-state index contributed by atoms with van der Waals surface area (Å²) < 4.78 is 0. The molecule has 0 bridgehead atoms. The Morgan fingerprint density at radius 2 is 2.38 bits per heavy atom. The molecule has 0 saturated carbocycles. The van der Waals surface area contributed by atoms with Crippen LogP contribution >= 0.6 is 0 Å². The molecule has 0 aromatic rings. The molecule has 0 aromatic heterocycles. The number of aldehydes is 1. The Bertz CT molecular complexity index is 320. The molecule has 13 heavy (non-hydrogen) atoms. The van der Waals surface area contributed by atoms with Gasteiger partial charge < -0.3 is 9.80 Å². The molecule has 0 N–H and O–H groups in total. The van der Waals surface area contributed by atoms with Crippen molar-refractivity contribution in [1.29, 1.82) is 0 Å². The fraction of sp³-hybridized carbons (Fsp3) is 0.333. The number of amides is 1. The summed E-state index contributed by atoms with van der Waals surface area (Å²) in [7, 11) is 1.76. The van der Waals surface area contributed by atoms with Crippen LogP contribution in [0, 0.1) is 0 Å². The van der Waals surface area contributed by atoms with Gasteiger partial charge in [-0.2, -0.15) is 0 Å². The second-order valence-electron chi connectivity index (χ2n) is 3.20. The van der Waals surface area contributed by atoms with Crippen molar-refractivity contribution in [2.24, 2.45) is 0 Å². The van der Waals surface area contributed by atoms with Gasteiger partial charge in [0.15, 0.2) is 6.29 Å². The van der Waals surface area contributed by atoms with Crippen LogP contribution in [0.2, 0.25) is 0 Å². The van der Waals surface area contributed by atoms with E-state index in [1.165, 1.54) is 0 Å². The summed E-state index contributed by atoms with van der Waals surface area (Å²) in [5.74, 6) is 0.0815. The van der Waals surface area contributed by atoms with Gasteiger partial charge in [-0.1, -0.05) is 6.08 Å². The van der Waals surface area contributed by atoms with Crippen molar-refractivity contribution < 1.29 is 9.59 Å². The van der Waals surface area contributed by atoms with E-state index in [1.807, 2.05) is 11.0 Å². The summed E-state index contributed by atoms with van der Waals surface area (Å²) in [6.45, 7) is 0.364. The van der Waals surface area contributed by atoms with E-state index in [9.17, 15) is 9.59 Å². The molecule has 2 rings (SSSR count). The number of rotatable bonds is 1. The van der Waals surface area contributed by atoms with Crippen LogP contribution in [-0.4, -0.2) is 41.8 Å². The molecular weight excluding hydrogens is 168 g/mol. The fourth-order valence-corrected chi connectivity index (χ4v) is 1.59. The zero-order valence-corrected chi connectivity index (χ0v) is 7.30. The zero-order chi connectivity index (χ0) is 9.42. The van der Waals surface area contributed by atoms with E-state index in [1.54, 1.807) is 24.2 Å². The van der Waals surface area contributed by atoms with Crippen LogP contribution < -0.4 is 0 Å². The number of fused-ring (bicyclic) bond motifs is 1. The van der Waals surface area contributed by atoms with E-state index in [0.717, 1.165) is 6.29 Å². The first-order valence-corrected chi connectivity index (χ1v) is 4.09. The highest BCUT2D eigenvalue weighted by Crippen LogP contribution is 2.20. The van der Waals surface area contributed by atoms with Gasteiger partial charge in [-0.05, 0) is 6.08 Å². The molecule has 1 fully saturated rings. The first-order chi connectivity index (χ1) is 6.22. The monoisotopic (exact) mass is 178 g/mol. The molecule has 2 aliphatic heterocycles. The Labute approximate surface area is 76.1 Å². The average Bonchev–Trinajstić information content (AvgIpc) is 2.42. The van der Waals surface area contributed by atoms with Gasteiger partial charge in [-0.3, -0.25) is 9.59 Å². The van der Waals surface area contributed by atoms with E-state index >= 15 is 0 Å². The van der Waals surface area contributed by atoms with E-state index in [-0.39, 0.29) is 12.1 Å². The second kappa shape index (κ2) is 2.73. The Balaban J connectivity index is 2.27. The van der Waals surface area contributed by atoms with Gasteiger partial charge in [0.1, 0.15) is 6.17 Å². The molecule has 1 amide bonds. The first kappa shape index (κ1) is 8.04. The van der Waals surface area contributed by atoms with Crippen molar-refractivity contribution in [3.8, 4) is 0 Å². The first-order valence-electron chi connectivity index (χ1n) is 4.09. The smallest absolute Gasteiger partial charge is 0.243 e. The van der Waals surface area contributed by atoms with E-state index in [2.05, 4.69) is 0 Å². The van der Waals surface area contributed by atoms with Gasteiger partial charge in [0.2, 0.25) is 5.91 Å². The van der Waals surface area contributed by atoms with Crippen molar-refractivity contribution >= 4 is 12.2 Å². The molecule has 1 saturated heterocycles. The average molecular weight is 178 g/mol. The fourth-order valence-electron chi connectivity index (χ4n) is 1.59. The van der Waals surface area contributed by atoms with Crippen LogP contribution in [-0.2, 0) is 9.59 Å². The quantitative estimate of drug-likeness (QED) is 0.519. The molecule has 0 radical (unpaired) electrons. The second-order valence-corrected chi connectivity index (χ2v) is 3.20. The lowest BCUT2D eigenvalue weighted by Gasteiger charge is -2.26. The van der Waals surface area contributed by atoms with Gasteiger partial charge in [0.25, 0.3) is 0 Å². The summed E-state index contributed by atoms with van der Waals surface area (Å²) in [5, 5.41) is 0. The molecule has 0 aliphatic carbocycles. The summed E-state index contributed by atoms with van der Waals surface area (Å²) in [6, 6.07) is 0. The van der Waals surface area contributed by atoms with Crippen LogP contribution in [0.15, 0.2) is 23.9 Å². The normalized spacial score (nSPS) is 26.1. The van der Waals surface area contributed by atoms with Crippen molar-refractivity contribution in [2.45, 2.75) is 6.17 Å². The van der Waals surface area contributed by atoms with Crippen molar-refractivity contribution in [3.05, 3.63) is 23.9 Å². The molecule has 4 heteroatoms. The van der Waals surface area contributed by atoms with Crippen LogP contribution in [0.25, 0.3) is 0 Å². The number of hydrogen-bond acceptors (Lipinski definition) is 3. The Morgan fingerprint density at radius 1 is 1.62 bits per heavy atom. The highest BCUT2D eigenvalue weighted by molar-refractivity contribution is 5.83. The number of nitrogens with zero attached hydrogens (tertiary/aromatic N) is 2. The third kappa shape index (κ3) is 1.14. The maximum absolute atomic E-state index is 11.3. The number of allylic oxidation sites excluding steroid dienone is 2. The number of hydrogen-bond donors (Lipinski definition) is 0. The third-order valence-electron chi connectivity index (χ3n) is 2.36. The SMILES string of the molecule is CN1C(=O)CN2C=C(C=O)C=CC21. The van der Waals surface area contributed by atoms with Gasteiger partial charge in [0.05, 0.1) is 6.54 Å². The molecular formula is C9H10N2O2. The summed E-state index contributed by atoms with van der Waals surface area (Å²) >= 11 is 0. The standard InChI is InChI=1S/C9H10N2O2/c1-10-8-3-2-7(6-12)4-11(8)5-9(10)13/h2-4,6,8H,5H2,1H3. The van der Waals surface area contributed by atoms with E-state index in [0.29, 0.717) is 12.1 Å². The zero-order valence-electron chi connectivity index (χ0n) is 7.30. The highest BCUT2D eigenvalue weighted by Gasteiger charge is 2.32. The van der Waals surface area contributed by atoms with Crippen LogP contribution in [0.5, 0.6) is 0 Å². The lowest BCUT2D eigenvalue weighted by atomic mass is 10.2. The predicted molar refractivity (Wildman–Crippen MR) is 46.6 cm³/mol. The minimum Gasteiger partial charge on any atom is -0.344 e. The number of carbonyl (C=O) groups is 2. The Kier molecular flexibility index (Phi) is 1.69. The van der Waals surface area contributed by atoms with Crippen molar-refractivity contribution in [2.75, 3.05) is 13.6 Å². The summed E-state index contributed by atoms with van der Waals surface area (Å²) in [6.07, 6.45) is 6.10. The lowest BCUT2D eigenvalue weighted by Crippen LogP contribution is -2.34. The maximum Gasteiger partial charge on any atom is 0.243 e. The number of carbonyl (C=O) groups excluding carboxylic acids is 2. The molecule has 0 spiro atoms. The Morgan fingerprint density at radius 3 is 3.08 bits per heavy atom. The highest BCUT2D eigenvalue weighted by atomic mass is 16.2. The van der Waals surface area contributed by atoms with E-state index < -0.39 is 0 Å². The van der Waals surface area contributed by atoms with Crippen LogP contribution in [0.3, 0.4) is 0 Å². The minimum atomic E-state index is -0.00352.